The zero-order valence-corrected chi connectivity index (χ0v) is 13.3. The van der Waals surface area contributed by atoms with E-state index in [9.17, 15) is 4.79 Å². The van der Waals surface area contributed by atoms with Gasteiger partial charge in [-0.2, -0.15) is 0 Å². The Labute approximate surface area is 135 Å². The van der Waals surface area contributed by atoms with Gasteiger partial charge in [-0.05, 0) is 36.8 Å². The molecule has 0 unspecified atom stereocenters. The van der Waals surface area contributed by atoms with Crippen LogP contribution < -0.4 is 14.8 Å². The average Bonchev–Trinajstić information content (AvgIpc) is 2.49. The molecule has 0 saturated carbocycles. The molecule has 0 heterocycles. The zero-order valence-electron chi connectivity index (χ0n) is 12.6. The summed E-state index contributed by atoms with van der Waals surface area (Å²) in [4.78, 5) is 11.9. The van der Waals surface area contributed by atoms with E-state index in [0.717, 1.165) is 11.3 Å². The standard InChI is InChI=1S/C17H18ClNO3/c1-12-5-3-4-6-15(12)22-10-9-17(20)19-13-7-8-16(21-2)14(18)11-13/h3-8,11H,9-10H2,1-2H3,(H,19,20). The van der Waals surface area contributed by atoms with E-state index in [1.165, 1.54) is 0 Å². The van der Waals surface area contributed by atoms with Gasteiger partial charge in [0.25, 0.3) is 0 Å². The van der Waals surface area contributed by atoms with Crippen LogP contribution in [0.3, 0.4) is 0 Å². The predicted octanol–water partition coefficient (Wildman–Crippen LogP) is 4.06. The Morgan fingerprint density at radius 2 is 1.95 bits per heavy atom. The number of aryl methyl sites for hydroxylation is 1. The SMILES string of the molecule is COc1ccc(NC(=O)CCOc2ccccc2C)cc1Cl. The molecule has 0 fully saturated rings. The Bertz CT molecular complexity index is 658. The fourth-order valence-electron chi connectivity index (χ4n) is 1.94. The van der Waals surface area contributed by atoms with Crippen LogP contribution in [0.1, 0.15) is 12.0 Å². The lowest BCUT2D eigenvalue weighted by Crippen LogP contribution is -2.15. The zero-order chi connectivity index (χ0) is 15.9. The molecule has 0 aliphatic rings. The summed E-state index contributed by atoms with van der Waals surface area (Å²) >= 11 is 6.01. The van der Waals surface area contributed by atoms with Crippen LogP contribution in [0.4, 0.5) is 5.69 Å². The third kappa shape index (κ3) is 4.40. The molecule has 5 heteroatoms. The Morgan fingerprint density at radius 3 is 2.64 bits per heavy atom. The number of benzene rings is 2. The lowest BCUT2D eigenvalue weighted by Gasteiger charge is -2.10. The van der Waals surface area contributed by atoms with Crippen molar-refractivity contribution in [3.05, 3.63) is 53.1 Å². The second-order valence-corrected chi connectivity index (χ2v) is 5.17. The van der Waals surface area contributed by atoms with Gasteiger partial charge >= 0.3 is 0 Å². The van der Waals surface area contributed by atoms with Gasteiger partial charge < -0.3 is 14.8 Å². The minimum Gasteiger partial charge on any atom is -0.495 e. The van der Waals surface area contributed by atoms with Gasteiger partial charge in [-0.25, -0.2) is 0 Å². The third-order valence-corrected chi connectivity index (χ3v) is 3.41. The summed E-state index contributed by atoms with van der Waals surface area (Å²) in [6.45, 7) is 2.29. The number of carbonyl (C=O) groups excluding carboxylic acids is 1. The van der Waals surface area contributed by atoms with Crippen LogP contribution in [-0.2, 0) is 4.79 Å². The maximum absolute atomic E-state index is 11.9. The first-order valence-electron chi connectivity index (χ1n) is 6.92. The number of hydrogen-bond donors (Lipinski definition) is 1. The summed E-state index contributed by atoms with van der Waals surface area (Å²) in [5, 5.41) is 3.23. The maximum Gasteiger partial charge on any atom is 0.227 e. The molecule has 1 amide bonds. The van der Waals surface area contributed by atoms with E-state index in [2.05, 4.69) is 5.32 Å². The first kappa shape index (κ1) is 16.2. The minimum absolute atomic E-state index is 0.130. The van der Waals surface area contributed by atoms with Crippen LogP contribution in [0.15, 0.2) is 42.5 Å². The van der Waals surface area contributed by atoms with Crippen molar-refractivity contribution in [3.63, 3.8) is 0 Å². The van der Waals surface area contributed by atoms with Gasteiger partial charge in [-0.15, -0.1) is 0 Å². The third-order valence-electron chi connectivity index (χ3n) is 3.12. The topological polar surface area (TPSA) is 47.6 Å². The number of para-hydroxylation sites is 1. The molecule has 116 valence electrons. The molecule has 22 heavy (non-hydrogen) atoms. The van der Waals surface area contributed by atoms with E-state index >= 15 is 0 Å². The molecular formula is C17H18ClNO3. The molecule has 4 nitrogen and oxygen atoms in total. The van der Waals surface area contributed by atoms with E-state index in [4.69, 9.17) is 21.1 Å². The van der Waals surface area contributed by atoms with Gasteiger partial charge in [0.2, 0.25) is 5.91 Å². The number of halogens is 1. The fraction of sp³-hybridized carbons (Fsp3) is 0.235. The van der Waals surface area contributed by atoms with Gasteiger partial charge in [0, 0.05) is 5.69 Å². The van der Waals surface area contributed by atoms with Crippen molar-refractivity contribution < 1.29 is 14.3 Å². The highest BCUT2D eigenvalue weighted by Crippen LogP contribution is 2.27. The molecule has 0 radical (unpaired) electrons. The highest BCUT2D eigenvalue weighted by molar-refractivity contribution is 6.32. The molecule has 0 spiro atoms. The van der Waals surface area contributed by atoms with Gasteiger partial charge in [0.1, 0.15) is 11.5 Å². The van der Waals surface area contributed by atoms with Crippen molar-refractivity contribution in [2.45, 2.75) is 13.3 Å². The molecule has 0 aromatic heterocycles. The van der Waals surface area contributed by atoms with E-state index < -0.39 is 0 Å². The highest BCUT2D eigenvalue weighted by atomic mass is 35.5. The minimum atomic E-state index is -0.130. The maximum atomic E-state index is 11.9. The molecule has 2 rings (SSSR count). The molecule has 2 aromatic carbocycles. The van der Waals surface area contributed by atoms with Crippen LogP contribution in [0.2, 0.25) is 5.02 Å². The first-order chi connectivity index (χ1) is 10.6. The smallest absolute Gasteiger partial charge is 0.227 e. The van der Waals surface area contributed by atoms with E-state index in [0.29, 0.717) is 23.1 Å². The molecular weight excluding hydrogens is 302 g/mol. The number of amides is 1. The van der Waals surface area contributed by atoms with Crippen molar-refractivity contribution in [1.29, 1.82) is 0 Å². The molecule has 0 saturated heterocycles. The van der Waals surface area contributed by atoms with Crippen molar-refractivity contribution in [2.75, 3.05) is 19.0 Å². The van der Waals surface area contributed by atoms with Crippen LogP contribution in [0.25, 0.3) is 0 Å². The Morgan fingerprint density at radius 1 is 1.18 bits per heavy atom. The summed E-state index contributed by atoms with van der Waals surface area (Å²) in [7, 11) is 1.54. The van der Waals surface area contributed by atoms with Crippen molar-refractivity contribution in [1.82, 2.24) is 0 Å². The Kier molecular flexibility index (Phi) is 5.67. The number of ether oxygens (including phenoxy) is 2. The second kappa shape index (κ2) is 7.71. The van der Waals surface area contributed by atoms with Crippen molar-refractivity contribution in [2.24, 2.45) is 0 Å². The molecule has 0 bridgehead atoms. The number of rotatable bonds is 6. The first-order valence-corrected chi connectivity index (χ1v) is 7.30. The van der Waals surface area contributed by atoms with E-state index in [1.807, 2.05) is 31.2 Å². The quantitative estimate of drug-likeness (QED) is 0.873. The molecule has 0 aliphatic carbocycles. The van der Waals surface area contributed by atoms with Crippen LogP contribution >= 0.6 is 11.6 Å². The van der Waals surface area contributed by atoms with Crippen LogP contribution in [-0.4, -0.2) is 19.6 Å². The number of carbonyl (C=O) groups is 1. The monoisotopic (exact) mass is 319 g/mol. The number of anilines is 1. The Hall–Kier alpha value is -2.20. The number of hydrogen-bond acceptors (Lipinski definition) is 3. The van der Waals surface area contributed by atoms with Crippen molar-refractivity contribution >= 4 is 23.2 Å². The normalized spacial score (nSPS) is 10.1. The molecule has 1 N–H and O–H groups in total. The summed E-state index contributed by atoms with van der Waals surface area (Å²) in [5.41, 5.74) is 1.68. The Balaban J connectivity index is 1.83. The second-order valence-electron chi connectivity index (χ2n) is 4.76. The van der Waals surface area contributed by atoms with E-state index in [1.54, 1.807) is 25.3 Å². The predicted molar refractivity (Wildman–Crippen MR) is 87.9 cm³/mol. The van der Waals surface area contributed by atoms with Crippen molar-refractivity contribution in [3.8, 4) is 11.5 Å². The molecule has 0 atom stereocenters. The van der Waals surface area contributed by atoms with Gasteiger partial charge in [0.15, 0.2) is 0 Å². The summed E-state index contributed by atoms with van der Waals surface area (Å²) < 4.78 is 10.7. The molecule has 0 aliphatic heterocycles. The lowest BCUT2D eigenvalue weighted by atomic mass is 10.2. The number of nitrogens with one attached hydrogen (secondary N) is 1. The average molecular weight is 320 g/mol. The molecule has 2 aromatic rings. The van der Waals surface area contributed by atoms with Crippen LogP contribution in [0.5, 0.6) is 11.5 Å². The van der Waals surface area contributed by atoms with E-state index in [-0.39, 0.29) is 12.3 Å². The fourth-order valence-corrected chi connectivity index (χ4v) is 2.20. The largest absolute Gasteiger partial charge is 0.495 e. The summed E-state index contributed by atoms with van der Waals surface area (Å²) in [6.07, 6.45) is 0.262. The highest BCUT2D eigenvalue weighted by Gasteiger charge is 2.06. The van der Waals surface area contributed by atoms with Gasteiger partial charge in [-0.3, -0.25) is 4.79 Å². The summed E-state index contributed by atoms with van der Waals surface area (Å²) in [5.74, 6) is 1.24. The number of methoxy groups -OCH3 is 1. The lowest BCUT2D eigenvalue weighted by molar-refractivity contribution is -0.116. The van der Waals surface area contributed by atoms with Gasteiger partial charge in [0.05, 0.1) is 25.2 Å². The van der Waals surface area contributed by atoms with Gasteiger partial charge in [-0.1, -0.05) is 29.8 Å². The van der Waals surface area contributed by atoms with Crippen LogP contribution in [0, 0.1) is 6.92 Å². The summed E-state index contributed by atoms with van der Waals surface area (Å²) in [6, 6.07) is 12.8.